The number of quaternary nitrogens is 1. The zero-order valence-electron chi connectivity index (χ0n) is 14.2. The van der Waals surface area contributed by atoms with Crippen LogP contribution in [0.2, 0.25) is 0 Å². The Morgan fingerprint density at radius 1 is 1.12 bits per heavy atom. The second-order valence-electron chi connectivity index (χ2n) is 6.37. The summed E-state index contributed by atoms with van der Waals surface area (Å²) in [5.74, 6) is 0.487. The predicted molar refractivity (Wildman–Crippen MR) is 93.8 cm³/mol. The fourth-order valence-electron chi connectivity index (χ4n) is 2.13. The standard InChI is InChI=1S/C19H24N2O3/c1-19(2,14-22)20-12-15-8-6-7-11-17(15)24-13-18(23)21-16-9-4-3-5-10-16/h3-11,20,22H,12-14H2,1-2H3,(H,21,23)/p+1. The van der Waals surface area contributed by atoms with Gasteiger partial charge in [0.1, 0.15) is 17.8 Å². The van der Waals surface area contributed by atoms with Crippen LogP contribution in [0.4, 0.5) is 5.69 Å². The van der Waals surface area contributed by atoms with Gasteiger partial charge in [-0.25, -0.2) is 0 Å². The van der Waals surface area contributed by atoms with Gasteiger partial charge >= 0.3 is 0 Å². The lowest BCUT2D eigenvalue weighted by Crippen LogP contribution is -2.95. The highest BCUT2D eigenvalue weighted by molar-refractivity contribution is 5.91. The molecular weight excluding hydrogens is 304 g/mol. The third kappa shape index (κ3) is 5.68. The van der Waals surface area contributed by atoms with Crippen molar-refractivity contribution in [1.29, 1.82) is 0 Å². The zero-order valence-corrected chi connectivity index (χ0v) is 14.2. The van der Waals surface area contributed by atoms with Gasteiger partial charge in [-0.3, -0.25) is 4.79 Å². The first-order valence-corrected chi connectivity index (χ1v) is 8.01. The number of hydrogen-bond donors (Lipinski definition) is 3. The number of nitrogens with two attached hydrogens (primary N) is 1. The van der Waals surface area contributed by atoms with E-state index in [0.717, 1.165) is 11.3 Å². The molecule has 0 aliphatic carbocycles. The van der Waals surface area contributed by atoms with Crippen molar-refractivity contribution in [3.8, 4) is 5.75 Å². The second-order valence-corrected chi connectivity index (χ2v) is 6.37. The fraction of sp³-hybridized carbons (Fsp3) is 0.316. The third-order valence-corrected chi connectivity index (χ3v) is 3.67. The summed E-state index contributed by atoms with van der Waals surface area (Å²) in [5.41, 5.74) is 1.49. The molecule has 128 valence electrons. The molecule has 0 radical (unpaired) electrons. The van der Waals surface area contributed by atoms with Gasteiger partial charge in [-0.1, -0.05) is 30.3 Å². The highest BCUT2D eigenvalue weighted by Crippen LogP contribution is 2.17. The summed E-state index contributed by atoms with van der Waals surface area (Å²) in [4.78, 5) is 12.0. The molecule has 0 heterocycles. The first kappa shape index (κ1) is 18.0. The molecule has 0 saturated carbocycles. The molecule has 2 aromatic rings. The van der Waals surface area contributed by atoms with Gasteiger partial charge in [0.25, 0.3) is 5.91 Å². The van der Waals surface area contributed by atoms with Gasteiger partial charge in [0.05, 0.1) is 6.61 Å². The zero-order chi connectivity index (χ0) is 17.4. The highest BCUT2D eigenvalue weighted by atomic mass is 16.5. The van der Waals surface area contributed by atoms with E-state index in [1.165, 1.54) is 0 Å². The second kappa shape index (κ2) is 8.47. The molecule has 0 fully saturated rings. The minimum absolute atomic E-state index is 0.0463. The number of rotatable bonds is 8. The largest absolute Gasteiger partial charge is 0.483 e. The van der Waals surface area contributed by atoms with Crippen LogP contribution in [0.1, 0.15) is 19.4 Å². The van der Waals surface area contributed by atoms with Crippen LogP contribution in [-0.2, 0) is 11.3 Å². The summed E-state index contributed by atoms with van der Waals surface area (Å²) in [6.45, 7) is 4.67. The Morgan fingerprint density at radius 2 is 1.79 bits per heavy atom. The van der Waals surface area contributed by atoms with E-state index in [-0.39, 0.29) is 24.7 Å². The van der Waals surface area contributed by atoms with Gasteiger partial charge in [0, 0.05) is 11.3 Å². The van der Waals surface area contributed by atoms with Gasteiger partial charge < -0.3 is 20.5 Å². The van der Waals surface area contributed by atoms with Crippen LogP contribution in [0.25, 0.3) is 0 Å². The molecule has 0 spiro atoms. The maximum Gasteiger partial charge on any atom is 0.262 e. The minimum atomic E-state index is -0.252. The molecule has 0 aliphatic rings. The number of ether oxygens (including phenoxy) is 1. The van der Waals surface area contributed by atoms with E-state index in [1.807, 2.05) is 68.4 Å². The Bertz CT molecular complexity index is 657. The Kier molecular flexibility index (Phi) is 6.35. The predicted octanol–water partition coefficient (Wildman–Crippen LogP) is 1.54. The topological polar surface area (TPSA) is 75.2 Å². The summed E-state index contributed by atoms with van der Waals surface area (Å²) < 4.78 is 5.68. The molecule has 1 amide bonds. The Labute approximate surface area is 142 Å². The molecule has 2 aromatic carbocycles. The summed E-state index contributed by atoms with van der Waals surface area (Å²) in [7, 11) is 0. The molecule has 0 atom stereocenters. The van der Waals surface area contributed by atoms with Gasteiger partial charge in [-0.2, -0.15) is 0 Å². The van der Waals surface area contributed by atoms with E-state index in [2.05, 4.69) is 10.6 Å². The number of aliphatic hydroxyl groups excluding tert-OH is 1. The number of hydrogen-bond acceptors (Lipinski definition) is 3. The summed E-state index contributed by atoms with van der Waals surface area (Å²) in [5, 5.41) is 14.2. The van der Waals surface area contributed by atoms with E-state index in [1.54, 1.807) is 0 Å². The Balaban J connectivity index is 1.91. The fourth-order valence-corrected chi connectivity index (χ4v) is 2.13. The Hall–Kier alpha value is -2.37. The van der Waals surface area contributed by atoms with Crippen molar-refractivity contribution in [3.05, 3.63) is 60.2 Å². The Morgan fingerprint density at radius 3 is 2.50 bits per heavy atom. The van der Waals surface area contributed by atoms with Crippen LogP contribution in [0.3, 0.4) is 0 Å². The SMILES string of the molecule is CC(C)(CO)[NH2+]Cc1ccccc1OCC(=O)Nc1ccccc1. The van der Waals surface area contributed by atoms with Gasteiger partial charge in [-0.05, 0) is 38.1 Å². The van der Waals surface area contributed by atoms with E-state index in [0.29, 0.717) is 12.3 Å². The van der Waals surface area contributed by atoms with Crippen molar-refractivity contribution in [2.45, 2.75) is 25.9 Å². The average molecular weight is 329 g/mol. The van der Waals surface area contributed by atoms with Crippen molar-refractivity contribution >= 4 is 11.6 Å². The van der Waals surface area contributed by atoms with E-state index >= 15 is 0 Å². The van der Waals surface area contributed by atoms with Gasteiger partial charge in [0.2, 0.25) is 0 Å². The first-order chi connectivity index (χ1) is 11.5. The molecule has 5 nitrogen and oxygen atoms in total. The number of para-hydroxylation sites is 2. The average Bonchev–Trinajstić information content (AvgIpc) is 2.60. The van der Waals surface area contributed by atoms with E-state index in [4.69, 9.17) is 4.74 Å². The van der Waals surface area contributed by atoms with Crippen LogP contribution in [0.5, 0.6) is 5.75 Å². The smallest absolute Gasteiger partial charge is 0.262 e. The highest BCUT2D eigenvalue weighted by Gasteiger charge is 2.20. The summed E-state index contributed by atoms with van der Waals surface area (Å²) in [6.07, 6.45) is 0. The molecule has 4 N–H and O–H groups in total. The van der Waals surface area contributed by atoms with Gasteiger partial charge in [0.15, 0.2) is 6.61 Å². The van der Waals surface area contributed by atoms with Crippen molar-refractivity contribution in [2.75, 3.05) is 18.5 Å². The number of nitrogens with one attached hydrogen (secondary N) is 1. The molecule has 0 aliphatic heterocycles. The molecule has 0 saturated heterocycles. The summed E-state index contributed by atoms with van der Waals surface area (Å²) in [6, 6.07) is 16.9. The lowest BCUT2D eigenvalue weighted by Gasteiger charge is -2.20. The monoisotopic (exact) mass is 329 g/mol. The number of amides is 1. The van der Waals surface area contributed by atoms with Crippen LogP contribution >= 0.6 is 0 Å². The number of carbonyl (C=O) groups is 1. The first-order valence-electron chi connectivity index (χ1n) is 8.01. The molecule has 5 heteroatoms. The number of benzene rings is 2. The maximum atomic E-state index is 12.0. The molecule has 24 heavy (non-hydrogen) atoms. The quantitative estimate of drug-likeness (QED) is 0.688. The molecule has 0 aromatic heterocycles. The lowest BCUT2D eigenvalue weighted by atomic mass is 10.1. The van der Waals surface area contributed by atoms with Crippen LogP contribution in [0.15, 0.2) is 54.6 Å². The lowest BCUT2D eigenvalue weighted by molar-refractivity contribution is -0.736. The number of aliphatic hydroxyl groups is 1. The van der Waals surface area contributed by atoms with Gasteiger partial charge in [-0.15, -0.1) is 0 Å². The molecule has 2 rings (SSSR count). The number of carbonyl (C=O) groups excluding carboxylic acids is 1. The van der Waals surface area contributed by atoms with E-state index < -0.39 is 0 Å². The van der Waals surface area contributed by atoms with Crippen molar-refractivity contribution < 1.29 is 20.0 Å². The van der Waals surface area contributed by atoms with Crippen LogP contribution in [0, 0.1) is 0 Å². The van der Waals surface area contributed by atoms with Crippen molar-refractivity contribution in [1.82, 2.24) is 0 Å². The molecule has 0 bridgehead atoms. The van der Waals surface area contributed by atoms with Crippen LogP contribution < -0.4 is 15.4 Å². The van der Waals surface area contributed by atoms with E-state index in [9.17, 15) is 9.90 Å². The minimum Gasteiger partial charge on any atom is -0.483 e. The summed E-state index contributed by atoms with van der Waals surface area (Å²) >= 11 is 0. The normalized spacial score (nSPS) is 11.1. The number of anilines is 1. The maximum absolute atomic E-state index is 12.0. The molecule has 0 unspecified atom stereocenters. The van der Waals surface area contributed by atoms with Crippen LogP contribution in [-0.4, -0.2) is 29.8 Å². The van der Waals surface area contributed by atoms with Crippen molar-refractivity contribution in [2.24, 2.45) is 0 Å². The molecular formula is C19H25N2O3+. The third-order valence-electron chi connectivity index (χ3n) is 3.67. The van der Waals surface area contributed by atoms with Crippen molar-refractivity contribution in [3.63, 3.8) is 0 Å².